The van der Waals surface area contributed by atoms with E-state index in [0.717, 1.165) is 12.0 Å². The minimum Gasteiger partial charge on any atom is -0.492 e. The number of rotatable bonds is 20. The highest BCUT2D eigenvalue weighted by Crippen LogP contribution is 2.18. The number of carbonyl (C=O) groups excluding carboxylic acids is 3. The van der Waals surface area contributed by atoms with Crippen molar-refractivity contribution < 1.29 is 29.3 Å². The Morgan fingerprint density at radius 1 is 1.16 bits per heavy atom. The summed E-state index contributed by atoms with van der Waals surface area (Å²) in [6.45, 7) is 14.3. The number of allylic oxidation sites excluding steroid dienone is 3. The zero-order valence-electron chi connectivity index (χ0n) is 23.3. The second-order valence-corrected chi connectivity index (χ2v) is 9.01. The number of aliphatic hydroxyl groups excluding tert-OH is 2. The molecule has 0 heterocycles. The summed E-state index contributed by atoms with van der Waals surface area (Å²) in [5, 5.41) is 28.9. The lowest BCUT2D eigenvalue weighted by atomic mass is 9.96. The summed E-state index contributed by atoms with van der Waals surface area (Å²) in [6.07, 6.45) is 5.60. The normalized spacial score (nSPS) is 16.1. The standard InChI is InChI=1S/C27H48N4O6/c1-8-12-23(21(10-3)17-22(34)13-14-28-18-32)37-16-15-30-24(19(5)9-2)27(36)31(7)25(20(6)33)26(35)29-11-4/h8,10,12,18-20,22,24-25,30,33-34H,3,9,11,13-17H2,1-2,4-7H3,(H,28,32)(H,29,35)/b12-8-,23-21-. The number of amides is 3. The maximum atomic E-state index is 13.4. The Hall–Kier alpha value is -2.69. The molecule has 0 saturated heterocycles. The average Bonchev–Trinajstić information content (AvgIpc) is 2.86. The lowest BCUT2D eigenvalue weighted by molar-refractivity contribution is -0.145. The molecular formula is C27H48N4O6. The first kappa shape index (κ1) is 34.3. The minimum absolute atomic E-state index is 0.0248. The quantitative estimate of drug-likeness (QED) is 0.0699. The summed E-state index contributed by atoms with van der Waals surface area (Å²) in [6, 6.07) is -1.57. The van der Waals surface area contributed by atoms with Gasteiger partial charge in [0.2, 0.25) is 18.2 Å². The van der Waals surface area contributed by atoms with Crippen LogP contribution in [0.1, 0.15) is 53.9 Å². The van der Waals surface area contributed by atoms with Crippen LogP contribution < -0.4 is 16.0 Å². The number of hydrogen-bond donors (Lipinski definition) is 5. The van der Waals surface area contributed by atoms with Crippen molar-refractivity contribution in [3.63, 3.8) is 0 Å². The van der Waals surface area contributed by atoms with E-state index in [9.17, 15) is 24.6 Å². The second-order valence-electron chi connectivity index (χ2n) is 9.01. The molecule has 0 saturated carbocycles. The zero-order chi connectivity index (χ0) is 28.4. The van der Waals surface area contributed by atoms with Crippen molar-refractivity contribution in [1.29, 1.82) is 0 Å². The van der Waals surface area contributed by atoms with E-state index in [1.54, 1.807) is 19.1 Å². The molecule has 0 aliphatic heterocycles. The van der Waals surface area contributed by atoms with E-state index in [1.807, 2.05) is 26.8 Å². The van der Waals surface area contributed by atoms with Crippen LogP contribution in [0.25, 0.3) is 0 Å². The van der Waals surface area contributed by atoms with Gasteiger partial charge < -0.3 is 35.8 Å². The fourth-order valence-corrected chi connectivity index (χ4v) is 3.85. The smallest absolute Gasteiger partial charge is 0.245 e. The van der Waals surface area contributed by atoms with Gasteiger partial charge in [0, 0.05) is 33.1 Å². The minimum atomic E-state index is -1.03. The van der Waals surface area contributed by atoms with E-state index in [-0.39, 0.29) is 18.4 Å². The molecule has 10 nitrogen and oxygen atoms in total. The van der Waals surface area contributed by atoms with Crippen molar-refractivity contribution in [3.8, 4) is 0 Å². The topological polar surface area (TPSA) is 140 Å². The van der Waals surface area contributed by atoms with Gasteiger partial charge in [-0.2, -0.15) is 0 Å². The van der Waals surface area contributed by atoms with E-state index < -0.39 is 30.2 Å². The second kappa shape index (κ2) is 19.4. The first-order valence-corrected chi connectivity index (χ1v) is 13.0. The molecule has 0 aromatic heterocycles. The maximum Gasteiger partial charge on any atom is 0.245 e. The summed E-state index contributed by atoms with van der Waals surface area (Å²) < 4.78 is 5.97. The summed E-state index contributed by atoms with van der Waals surface area (Å²) in [4.78, 5) is 37.5. The van der Waals surface area contributed by atoms with E-state index in [2.05, 4.69) is 22.5 Å². The van der Waals surface area contributed by atoms with Gasteiger partial charge in [0.15, 0.2) is 0 Å². The van der Waals surface area contributed by atoms with Gasteiger partial charge in [0.25, 0.3) is 0 Å². The average molecular weight is 525 g/mol. The highest BCUT2D eigenvalue weighted by molar-refractivity contribution is 5.90. The first-order chi connectivity index (χ1) is 17.6. The summed E-state index contributed by atoms with van der Waals surface area (Å²) >= 11 is 0. The molecule has 212 valence electrons. The molecule has 0 rings (SSSR count). The molecule has 3 amide bonds. The van der Waals surface area contributed by atoms with Crippen LogP contribution >= 0.6 is 0 Å². The maximum absolute atomic E-state index is 13.4. The molecule has 0 aliphatic carbocycles. The van der Waals surface area contributed by atoms with Crippen molar-refractivity contribution in [2.75, 3.05) is 33.3 Å². The van der Waals surface area contributed by atoms with Crippen LogP contribution in [0, 0.1) is 5.92 Å². The fraction of sp³-hybridized carbons (Fsp3) is 0.667. The molecule has 5 N–H and O–H groups in total. The van der Waals surface area contributed by atoms with Gasteiger partial charge in [-0.25, -0.2) is 0 Å². The van der Waals surface area contributed by atoms with Crippen molar-refractivity contribution in [2.24, 2.45) is 5.92 Å². The summed E-state index contributed by atoms with van der Waals surface area (Å²) in [7, 11) is 1.53. The Balaban J connectivity index is 5.39. The molecule has 0 radical (unpaired) electrons. The fourth-order valence-electron chi connectivity index (χ4n) is 3.85. The van der Waals surface area contributed by atoms with Crippen LogP contribution in [-0.4, -0.2) is 90.9 Å². The molecule has 0 spiro atoms. The Kier molecular flexibility index (Phi) is 18.0. The van der Waals surface area contributed by atoms with E-state index in [4.69, 9.17) is 4.74 Å². The molecule has 0 aromatic rings. The van der Waals surface area contributed by atoms with Gasteiger partial charge in [0.05, 0.1) is 18.2 Å². The Morgan fingerprint density at radius 2 is 1.84 bits per heavy atom. The van der Waals surface area contributed by atoms with Gasteiger partial charge in [-0.05, 0) is 44.8 Å². The predicted molar refractivity (Wildman–Crippen MR) is 145 cm³/mol. The number of nitrogens with one attached hydrogen (secondary N) is 3. The SMILES string of the molecule is C=C/C(CC(O)CCNC=O)=C(\C=C/C)OCCNC(C(=O)N(C)C(C(=O)NCC)C(C)O)C(C)CC. The number of nitrogens with zero attached hydrogens (tertiary/aromatic N) is 1. The molecule has 5 atom stereocenters. The molecule has 5 unspecified atom stereocenters. The van der Waals surface area contributed by atoms with Crippen LogP contribution in [-0.2, 0) is 19.1 Å². The Bertz CT molecular complexity index is 768. The molecule has 0 aliphatic rings. The van der Waals surface area contributed by atoms with Crippen molar-refractivity contribution in [3.05, 3.63) is 36.1 Å². The molecular weight excluding hydrogens is 476 g/mol. The summed E-state index contributed by atoms with van der Waals surface area (Å²) in [5.41, 5.74) is 0.729. The first-order valence-electron chi connectivity index (χ1n) is 13.0. The van der Waals surface area contributed by atoms with Crippen LogP contribution in [0.3, 0.4) is 0 Å². The third-order valence-corrected chi connectivity index (χ3v) is 6.09. The van der Waals surface area contributed by atoms with Crippen molar-refractivity contribution >= 4 is 18.2 Å². The molecule has 37 heavy (non-hydrogen) atoms. The van der Waals surface area contributed by atoms with Crippen LogP contribution in [0.5, 0.6) is 0 Å². The highest BCUT2D eigenvalue weighted by atomic mass is 16.5. The van der Waals surface area contributed by atoms with Crippen LogP contribution in [0.2, 0.25) is 0 Å². The number of hydrogen-bond acceptors (Lipinski definition) is 7. The Labute approximate surface area is 222 Å². The van der Waals surface area contributed by atoms with E-state index >= 15 is 0 Å². The number of likely N-dealkylation sites (N-methyl/N-ethyl adjacent to an activating group) is 2. The zero-order valence-corrected chi connectivity index (χ0v) is 23.3. The predicted octanol–water partition coefficient (Wildman–Crippen LogP) is 1.25. The molecule has 10 heteroatoms. The third kappa shape index (κ3) is 12.4. The van der Waals surface area contributed by atoms with E-state index in [1.165, 1.54) is 18.9 Å². The number of carbonyl (C=O) groups is 3. The molecule has 0 aromatic carbocycles. The lowest BCUT2D eigenvalue weighted by Gasteiger charge is -2.34. The summed E-state index contributed by atoms with van der Waals surface area (Å²) in [5.74, 6) is -0.143. The Morgan fingerprint density at radius 3 is 2.35 bits per heavy atom. The monoisotopic (exact) mass is 524 g/mol. The highest BCUT2D eigenvalue weighted by Gasteiger charge is 2.35. The van der Waals surface area contributed by atoms with Crippen LogP contribution in [0.4, 0.5) is 0 Å². The van der Waals surface area contributed by atoms with Gasteiger partial charge >= 0.3 is 0 Å². The van der Waals surface area contributed by atoms with Crippen LogP contribution in [0.15, 0.2) is 36.1 Å². The van der Waals surface area contributed by atoms with Crippen molar-refractivity contribution in [1.82, 2.24) is 20.9 Å². The van der Waals surface area contributed by atoms with E-state index in [0.29, 0.717) is 44.6 Å². The number of ether oxygens (including phenoxy) is 1. The van der Waals surface area contributed by atoms with Gasteiger partial charge in [0.1, 0.15) is 18.4 Å². The van der Waals surface area contributed by atoms with Crippen molar-refractivity contribution in [2.45, 2.75) is 78.2 Å². The largest absolute Gasteiger partial charge is 0.492 e. The van der Waals surface area contributed by atoms with Gasteiger partial charge in [-0.3, -0.25) is 14.4 Å². The van der Waals surface area contributed by atoms with Gasteiger partial charge in [-0.15, -0.1) is 0 Å². The van der Waals surface area contributed by atoms with Gasteiger partial charge in [-0.1, -0.05) is 39.0 Å². The lowest BCUT2D eigenvalue weighted by Crippen LogP contribution is -2.58. The molecule has 0 fully saturated rings. The third-order valence-electron chi connectivity index (χ3n) is 6.09. The molecule has 0 bridgehead atoms. The number of aliphatic hydroxyl groups is 2.